The zero-order valence-electron chi connectivity index (χ0n) is 68.6. The maximum atomic E-state index is 14.0. The summed E-state index contributed by atoms with van der Waals surface area (Å²) in [5.41, 5.74) is -1.79. The van der Waals surface area contributed by atoms with Crippen LogP contribution in [0.2, 0.25) is 0 Å². The molecule has 0 spiro atoms. The maximum Gasteiger partial charge on any atom is 0.222 e. The highest BCUT2D eigenvalue weighted by Gasteiger charge is 2.48. The fraction of sp³-hybridized carbons (Fsp3) is 0.893. The number of carbonyl (C=O) groups is 8. The Kier molecular flexibility index (Phi) is 57.4. The van der Waals surface area contributed by atoms with Crippen LogP contribution in [0.15, 0.2) is 0 Å². The molecule has 7 unspecified atom stereocenters. The average Bonchev–Trinajstić information content (AvgIpc) is 0.774. The lowest BCUT2D eigenvalue weighted by atomic mass is 9.84. The fourth-order valence-corrected chi connectivity index (χ4v) is 11.6. The Morgan fingerprint density at radius 1 is 0.359 bits per heavy atom. The van der Waals surface area contributed by atoms with Crippen molar-refractivity contribution in [1.29, 1.82) is 0 Å². The topological polar surface area (TPSA) is 574 Å². The highest BCUT2D eigenvalue weighted by atomic mass is 16.7. The van der Waals surface area contributed by atoms with Crippen molar-refractivity contribution in [2.45, 2.75) is 209 Å². The number of Topliss-reactive ketones (excluding diaryl/α,β-unsaturated/α-hetero) is 3. The van der Waals surface area contributed by atoms with E-state index in [1.54, 1.807) is 0 Å². The second-order valence-corrected chi connectivity index (χ2v) is 29.1. The third kappa shape index (κ3) is 48.0. The zero-order valence-corrected chi connectivity index (χ0v) is 68.6. The van der Waals surface area contributed by atoms with E-state index in [0.29, 0.717) is 12.8 Å². The molecule has 0 aromatic heterocycles. The number of ether oxygens (including phenoxy) is 19. The van der Waals surface area contributed by atoms with Gasteiger partial charge in [-0.2, -0.15) is 0 Å². The molecule has 15 N–H and O–H groups in total. The SMILES string of the molecule is CC(=O)NC1[C@H](OCCOCCOCCOCCCC(=O)CCOCC(COCCC(=O)CCCOCCOCCOCCO[C@@H]2OC(CO)[C@H](O)[C@H](O)C2NC(C)=O)(COCCC(=O)NCCOCCOCCOCCO[C@@H]2OC(CO)[C@H](O)[C@H](O)C2NC(C)=O)CC(=O)CCC(=O)NCC(O)COC(C)(C)C)OC(CO)[C@H](O)[C@@H]1O. The van der Waals surface area contributed by atoms with E-state index in [1.165, 1.54) is 20.8 Å². The first kappa shape index (κ1) is 106. The van der Waals surface area contributed by atoms with E-state index in [4.69, 9.17) is 90.0 Å². The van der Waals surface area contributed by atoms with E-state index < -0.39 is 153 Å². The van der Waals surface area contributed by atoms with Gasteiger partial charge in [0.1, 0.15) is 90.4 Å². The molecule has 0 saturated carbocycles. The van der Waals surface area contributed by atoms with Crippen LogP contribution in [0.4, 0.5) is 0 Å². The van der Waals surface area contributed by atoms with Gasteiger partial charge >= 0.3 is 0 Å². The van der Waals surface area contributed by atoms with Crippen molar-refractivity contribution in [2.24, 2.45) is 5.41 Å². The van der Waals surface area contributed by atoms with E-state index in [2.05, 4.69) is 26.6 Å². The van der Waals surface area contributed by atoms with Crippen LogP contribution in [0, 0.1) is 5.41 Å². The van der Waals surface area contributed by atoms with E-state index >= 15 is 0 Å². The molecule has 16 atom stereocenters. The van der Waals surface area contributed by atoms with Crippen molar-refractivity contribution < 1.29 is 179 Å². The standard InChI is InChI=1S/C75H135N5O37/c1-50(84)78-62-68(96)65(93)57(43-81)115-71(62)111-38-35-105-32-29-102-26-23-99-17-7-9-53(87)13-19-108-47-75(41-55(89)11-12-60(91)77-42-56(90)46-114-74(4,5)6,48-109-20-14-54(88)10-8-18-100-24-27-103-30-33-106-36-39-112-72-63(79-51(2)85)69(97)66(94)58(44-82)116-72)49-110-21-15-61(92)76-16-22-101-25-28-104-31-34-107-37-40-113-73-64(80-52(3)86)70(98)67(95)59(45-83)117-73/h56-59,62-73,81-83,90,93-98H,7-49H2,1-6H3,(H,76,92)(H,77,91)(H,78,84)(H,79,85)(H,80,86)/t56?,57?,58?,59?,62?,63?,64?,65-,66-,67-,68+,69+,70+,71+,72+,73+,75?/m0/s1. The van der Waals surface area contributed by atoms with E-state index in [1.807, 2.05) is 20.8 Å². The van der Waals surface area contributed by atoms with Crippen molar-refractivity contribution in [3.05, 3.63) is 0 Å². The Balaban J connectivity index is 1.50. The highest BCUT2D eigenvalue weighted by Crippen LogP contribution is 2.29. The molecular formula is C75H135N5O37. The molecule has 3 rings (SSSR count). The predicted octanol–water partition coefficient (Wildman–Crippen LogP) is -5.93. The molecule has 682 valence electrons. The molecular weight excluding hydrogens is 1560 g/mol. The Morgan fingerprint density at radius 2 is 0.675 bits per heavy atom. The van der Waals surface area contributed by atoms with Gasteiger partial charge in [-0.15, -0.1) is 0 Å². The molecule has 0 bridgehead atoms. The van der Waals surface area contributed by atoms with Crippen molar-refractivity contribution in [3.63, 3.8) is 0 Å². The third-order valence-electron chi connectivity index (χ3n) is 17.8. The smallest absolute Gasteiger partial charge is 0.222 e. The Labute approximate surface area is 683 Å². The predicted molar refractivity (Wildman–Crippen MR) is 405 cm³/mol. The minimum atomic E-state index is -1.45. The number of nitrogens with one attached hydrogen (secondary N) is 5. The normalized spacial score (nSPS) is 24.3. The molecule has 0 aliphatic carbocycles. The van der Waals surface area contributed by atoms with Crippen LogP contribution in [-0.2, 0) is 128 Å². The Bertz CT molecular complexity index is 2470. The van der Waals surface area contributed by atoms with Crippen LogP contribution in [0.25, 0.3) is 0 Å². The molecule has 3 fully saturated rings. The summed E-state index contributed by atoms with van der Waals surface area (Å²) in [6.07, 6.45) is -16.2. The summed E-state index contributed by atoms with van der Waals surface area (Å²) in [5.74, 6) is -2.95. The number of ketones is 3. The number of carbonyl (C=O) groups excluding carboxylic acids is 8. The lowest BCUT2D eigenvalue weighted by molar-refractivity contribution is -0.272. The van der Waals surface area contributed by atoms with Gasteiger partial charge in [0.05, 0.1) is 203 Å². The monoisotopic (exact) mass is 1700 g/mol. The quantitative estimate of drug-likeness (QED) is 0.0252. The number of aliphatic hydroxyl groups is 10. The van der Waals surface area contributed by atoms with Crippen molar-refractivity contribution in [2.75, 3.05) is 218 Å². The average molecular weight is 1700 g/mol. The van der Waals surface area contributed by atoms with Crippen LogP contribution >= 0.6 is 0 Å². The van der Waals surface area contributed by atoms with Gasteiger partial charge < -0.3 is 168 Å². The van der Waals surface area contributed by atoms with Crippen LogP contribution in [0.1, 0.15) is 106 Å². The number of rotatable bonds is 71. The first-order valence-corrected chi connectivity index (χ1v) is 39.9. The molecule has 117 heavy (non-hydrogen) atoms. The summed E-state index contributed by atoms with van der Waals surface area (Å²) in [6, 6.07) is -3.24. The number of hydrogen-bond donors (Lipinski definition) is 15. The van der Waals surface area contributed by atoms with Gasteiger partial charge in [-0.3, -0.25) is 38.4 Å². The van der Waals surface area contributed by atoms with Crippen LogP contribution in [0.5, 0.6) is 0 Å². The largest absolute Gasteiger partial charge is 0.394 e. The molecule has 42 nitrogen and oxygen atoms in total. The Hall–Kier alpha value is -4.80. The molecule has 42 heteroatoms. The molecule has 5 amide bonds. The van der Waals surface area contributed by atoms with Gasteiger partial charge in [0.2, 0.25) is 29.5 Å². The minimum absolute atomic E-state index is 0.000638. The summed E-state index contributed by atoms with van der Waals surface area (Å²) < 4.78 is 108. The van der Waals surface area contributed by atoms with Gasteiger partial charge in [-0.1, -0.05) is 0 Å². The second kappa shape index (κ2) is 63.2. The molecule has 3 aliphatic rings. The van der Waals surface area contributed by atoms with E-state index in [-0.39, 0.29) is 273 Å². The molecule has 0 aromatic rings. The van der Waals surface area contributed by atoms with Crippen LogP contribution in [0.3, 0.4) is 0 Å². The molecule has 3 saturated heterocycles. The fourth-order valence-electron chi connectivity index (χ4n) is 11.6. The summed E-state index contributed by atoms with van der Waals surface area (Å²) >= 11 is 0. The highest BCUT2D eigenvalue weighted by molar-refractivity contribution is 5.85. The van der Waals surface area contributed by atoms with Gasteiger partial charge in [0, 0.05) is 104 Å². The molecule has 0 aromatic carbocycles. The van der Waals surface area contributed by atoms with Crippen LogP contribution < -0.4 is 26.6 Å². The van der Waals surface area contributed by atoms with Crippen molar-refractivity contribution >= 4 is 46.9 Å². The van der Waals surface area contributed by atoms with Gasteiger partial charge in [-0.25, -0.2) is 0 Å². The van der Waals surface area contributed by atoms with Crippen LogP contribution in [-0.4, -0.2) is 419 Å². The summed E-state index contributed by atoms with van der Waals surface area (Å²) in [5, 5.41) is 114. The van der Waals surface area contributed by atoms with Gasteiger partial charge in [0.15, 0.2) is 18.9 Å². The van der Waals surface area contributed by atoms with E-state index in [9.17, 15) is 89.4 Å². The minimum Gasteiger partial charge on any atom is -0.394 e. The zero-order chi connectivity index (χ0) is 86.2. The number of amides is 5. The molecule has 3 heterocycles. The lowest BCUT2D eigenvalue weighted by Crippen LogP contribution is -2.64. The first-order chi connectivity index (χ1) is 56.0. The maximum absolute atomic E-state index is 14.0. The summed E-state index contributed by atoms with van der Waals surface area (Å²) in [6.45, 7) is 10.1. The number of hydrogen-bond acceptors (Lipinski definition) is 37. The van der Waals surface area contributed by atoms with Gasteiger partial charge in [-0.05, 0) is 33.6 Å². The lowest BCUT2D eigenvalue weighted by Gasteiger charge is -2.42. The summed E-state index contributed by atoms with van der Waals surface area (Å²) in [7, 11) is 0. The molecule has 3 aliphatic heterocycles. The van der Waals surface area contributed by atoms with Gasteiger partial charge in [0.25, 0.3) is 0 Å². The molecule has 0 radical (unpaired) electrons. The summed E-state index contributed by atoms with van der Waals surface area (Å²) in [4.78, 5) is 101. The number of aliphatic hydroxyl groups excluding tert-OH is 10. The van der Waals surface area contributed by atoms with Crippen molar-refractivity contribution in [3.8, 4) is 0 Å². The van der Waals surface area contributed by atoms with Crippen molar-refractivity contribution in [1.82, 2.24) is 26.6 Å². The second-order valence-electron chi connectivity index (χ2n) is 29.1. The first-order valence-electron chi connectivity index (χ1n) is 39.9. The third-order valence-corrected chi connectivity index (χ3v) is 17.8. The Morgan fingerprint density at radius 3 is 1.01 bits per heavy atom. The van der Waals surface area contributed by atoms with E-state index in [0.717, 1.165) is 0 Å².